The van der Waals surface area contributed by atoms with Crippen LogP contribution in [0.2, 0.25) is 5.02 Å². The van der Waals surface area contributed by atoms with Crippen LogP contribution < -0.4 is 0 Å². The molecule has 0 saturated carbocycles. The Kier molecular flexibility index (Phi) is 7.92. The molecule has 0 atom stereocenters. The van der Waals surface area contributed by atoms with Gasteiger partial charge in [0.2, 0.25) is 0 Å². The van der Waals surface area contributed by atoms with Gasteiger partial charge in [-0.15, -0.1) is 0 Å². The zero-order valence-corrected chi connectivity index (χ0v) is 16.9. The lowest BCUT2D eigenvalue weighted by atomic mass is 9.96. The van der Waals surface area contributed by atoms with E-state index in [9.17, 15) is 4.79 Å². The normalized spacial score (nSPS) is 15.0. The van der Waals surface area contributed by atoms with Crippen LogP contribution in [-0.2, 0) is 12.8 Å². The lowest BCUT2D eigenvalue weighted by molar-refractivity contribution is 0.0980. The van der Waals surface area contributed by atoms with Gasteiger partial charge in [-0.3, -0.25) is 4.79 Å². The Labute approximate surface area is 168 Å². The van der Waals surface area contributed by atoms with Gasteiger partial charge in [0.15, 0.2) is 5.78 Å². The first-order valence-corrected chi connectivity index (χ1v) is 10.7. The van der Waals surface area contributed by atoms with E-state index in [4.69, 9.17) is 11.6 Å². The number of rotatable bonds is 9. The standard InChI is InChI=1S/C24H30ClNO/c25-23-15-13-22(14-16-23)24(27)12-6-10-20-8-2-3-9-21(20)11-7-19-26-17-4-1-5-18-26/h2-3,8-9,13-16H,1,4-7,10-12,17-19H2. The highest BCUT2D eigenvalue weighted by molar-refractivity contribution is 6.30. The molecule has 2 nitrogen and oxygen atoms in total. The molecule has 0 radical (unpaired) electrons. The van der Waals surface area contributed by atoms with Crippen molar-refractivity contribution in [3.8, 4) is 0 Å². The van der Waals surface area contributed by atoms with E-state index in [1.165, 1.54) is 56.4 Å². The van der Waals surface area contributed by atoms with Gasteiger partial charge in [0.05, 0.1) is 0 Å². The molecule has 0 aliphatic carbocycles. The van der Waals surface area contributed by atoms with Crippen molar-refractivity contribution in [3.63, 3.8) is 0 Å². The zero-order chi connectivity index (χ0) is 18.9. The summed E-state index contributed by atoms with van der Waals surface area (Å²) in [6.45, 7) is 3.76. The summed E-state index contributed by atoms with van der Waals surface area (Å²) in [6, 6.07) is 15.9. The first kappa shape index (κ1) is 20.1. The number of piperidine rings is 1. The van der Waals surface area contributed by atoms with E-state index < -0.39 is 0 Å². The van der Waals surface area contributed by atoms with Gasteiger partial charge in [-0.05, 0) is 93.6 Å². The zero-order valence-electron chi connectivity index (χ0n) is 16.1. The Hall–Kier alpha value is -1.64. The highest BCUT2D eigenvalue weighted by atomic mass is 35.5. The molecule has 0 bridgehead atoms. The van der Waals surface area contributed by atoms with Gasteiger partial charge in [-0.1, -0.05) is 42.3 Å². The van der Waals surface area contributed by atoms with Gasteiger partial charge in [-0.2, -0.15) is 0 Å². The second-order valence-electron chi connectivity index (χ2n) is 7.56. The second-order valence-corrected chi connectivity index (χ2v) is 7.99. The topological polar surface area (TPSA) is 20.3 Å². The van der Waals surface area contributed by atoms with Crippen LogP contribution in [0.25, 0.3) is 0 Å². The molecule has 0 unspecified atom stereocenters. The molecule has 0 N–H and O–H groups in total. The summed E-state index contributed by atoms with van der Waals surface area (Å²) in [5, 5.41) is 0.671. The van der Waals surface area contributed by atoms with Crippen LogP contribution in [0.15, 0.2) is 48.5 Å². The Morgan fingerprint density at radius 1 is 0.852 bits per heavy atom. The molecule has 144 valence electrons. The molecule has 1 aliphatic heterocycles. The molecule has 1 saturated heterocycles. The third-order valence-corrected chi connectivity index (χ3v) is 5.76. The van der Waals surface area contributed by atoms with E-state index in [1.807, 2.05) is 12.1 Å². The van der Waals surface area contributed by atoms with Gasteiger partial charge < -0.3 is 4.90 Å². The van der Waals surface area contributed by atoms with Crippen LogP contribution >= 0.6 is 11.6 Å². The predicted octanol–water partition coefficient (Wildman–Crippen LogP) is 5.96. The molecule has 1 heterocycles. The monoisotopic (exact) mass is 383 g/mol. The predicted molar refractivity (Wildman–Crippen MR) is 114 cm³/mol. The number of carbonyl (C=O) groups excluding carboxylic acids is 1. The van der Waals surface area contributed by atoms with Crippen LogP contribution in [-0.4, -0.2) is 30.3 Å². The maximum Gasteiger partial charge on any atom is 0.162 e. The van der Waals surface area contributed by atoms with Crippen molar-refractivity contribution in [1.29, 1.82) is 0 Å². The summed E-state index contributed by atoms with van der Waals surface area (Å²) >= 11 is 5.90. The lowest BCUT2D eigenvalue weighted by Gasteiger charge is -2.26. The maximum absolute atomic E-state index is 12.3. The number of carbonyl (C=O) groups is 1. The third kappa shape index (κ3) is 6.48. The maximum atomic E-state index is 12.3. The molecule has 0 aromatic heterocycles. The van der Waals surface area contributed by atoms with Crippen molar-refractivity contribution in [3.05, 3.63) is 70.2 Å². The van der Waals surface area contributed by atoms with Gasteiger partial charge in [-0.25, -0.2) is 0 Å². The fourth-order valence-electron chi connectivity index (χ4n) is 3.94. The third-order valence-electron chi connectivity index (χ3n) is 5.50. The number of Topliss-reactive ketones (excluding diaryl/α,β-unsaturated/α-hetero) is 1. The van der Waals surface area contributed by atoms with Crippen molar-refractivity contribution < 1.29 is 4.79 Å². The first-order chi connectivity index (χ1) is 13.2. The Morgan fingerprint density at radius 3 is 2.15 bits per heavy atom. The Bertz CT molecular complexity index is 719. The first-order valence-electron chi connectivity index (χ1n) is 10.3. The fraction of sp³-hybridized carbons (Fsp3) is 0.458. The van der Waals surface area contributed by atoms with E-state index in [0.717, 1.165) is 24.8 Å². The molecule has 2 aromatic rings. The SMILES string of the molecule is O=C(CCCc1ccccc1CCCN1CCCCC1)c1ccc(Cl)cc1. The smallest absolute Gasteiger partial charge is 0.162 e. The molecule has 0 spiro atoms. The number of aryl methyl sites for hydroxylation is 2. The second kappa shape index (κ2) is 10.6. The summed E-state index contributed by atoms with van der Waals surface area (Å²) < 4.78 is 0. The molecule has 1 aliphatic rings. The molecule has 0 amide bonds. The molecule has 2 aromatic carbocycles. The van der Waals surface area contributed by atoms with Crippen LogP contribution in [0.1, 0.15) is 60.0 Å². The van der Waals surface area contributed by atoms with Crippen LogP contribution in [0, 0.1) is 0 Å². The molecule has 3 heteroatoms. The quantitative estimate of drug-likeness (QED) is 0.497. The van der Waals surface area contributed by atoms with E-state index in [0.29, 0.717) is 11.4 Å². The van der Waals surface area contributed by atoms with Crippen molar-refractivity contribution >= 4 is 17.4 Å². The number of hydrogen-bond acceptors (Lipinski definition) is 2. The highest BCUT2D eigenvalue weighted by Crippen LogP contribution is 2.17. The summed E-state index contributed by atoms with van der Waals surface area (Å²) in [5.74, 6) is 0.203. The highest BCUT2D eigenvalue weighted by Gasteiger charge is 2.10. The van der Waals surface area contributed by atoms with E-state index in [2.05, 4.69) is 29.2 Å². The molecular weight excluding hydrogens is 354 g/mol. The van der Waals surface area contributed by atoms with Crippen molar-refractivity contribution in [2.75, 3.05) is 19.6 Å². The number of likely N-dealkylation sites (tertiary alicyclic amines) is 1. The number of ketones is 1. The summed E-state index contributed by atoms with van der Waals surface area (Å²) in [4.78, 5) is 14.9. The van der Waals surface area contributed by atoms with Gasteiger partial charge in [0, 0.05) is 17.0 Å². The van der Waals surface area contributed by atoms with Crippen molar-refractivity contribution in [1.82, 2.24) is 4.90 Å². The summed E-state index contributed by atoms with van der Waals surface area (Å²) in [6.07, 6.45) is 8.93. The summed E-state index contributed by atoms with van der Waals surface area (Å²) in [5.41, 5.74) is 3.61. The van der Waals surface area contributed by atoms with Crippen LogP contribution in [0.4, 0.5) is 0 Å². The minimum atomic E-state index is 0.203. The molecule has 3 rings (SSSR count). The number of hydrogen-bond donors (Lipinski definition) is 0. The van der Waals surface area contributed by atoms with E-state index >= 15 is 0 Å². The van der Waals surface area contributed by atoms with Gasteiger partial charge in [0.1, 0.15) is 0 Å². The lowest BCUT2D eigenvalue weighted by Crippen LogP contribution is -2.30. The average molecular weight is 384 g/mol. The van der Waals surface area contributed by atoms with Gasteiger partial charge in [0.25, 0.3) is 0 Å². The minimum Gasteiger partial charge on any atom is -0.303 e. The van der Waals surface area contributed by atoms with Crippen LogP contribution in [0.5, 0.6) is 0 Å². The largest absolute Gasteiger partial charge is 0.303 e. The Balaban J connectivity index is 1.45. The number of benzene rings is 2. The Morgan fingerprint density at radius 2 is 1.48 bits per heavy atom. The number of nitrogens with zero attached hydrogens (tertiary/aromatic N) is 1. The molecule has 27 heavy (non-hydrogen) atoms. The molecular formula is C24H30ClNO. The van der Waals surface area contributed by atoms with E-state index in [1.54, 1.807) is 12.1 Å². The fourth-order valence-corrected chi connectivity index (χ4v) is 4.07. The number of halogens is 1. The molecule has 1 fully saturated rings. The van der Waals surface area contributed by atoms with Crippen LogP contribution in [0.3, 0.4) is 0 Å². The minimum absolute atomic E-state index is 0.203. The average Bonchev–Trinajstić information content (AvgIpc) is 2.70. The van der Waals surface area contributed by atoms with E-state index in [-0.39, 0.29) is 5.78 Å². The van der Waals surface area contributed by atoms with Gasteiger partial charge >= 0.3 is 0 Å². The van der Waals surface area contributed by atoms with Crippen molar-refractivity contribution in [2.24, 2.45) is 0 Å². The summed E-state index contributed by atoms with van der Waals surface area (Å²) in [7, 11) is 0. The van der Waals surface area contributed by atoms with Crippen molar-refractivity contribution in [2.45, 2.75) is 51.4 Å².